The highest BCUT2D eigenvalue weighted by molar-refractivity contribution is 6.06. The van der Waals surface area contributed by atoms with Crippen LogP contribution in [0.5, 0.6) is 5.75 Å². The molecule has 0 fully saturated rings. The highest BCUT2D eigenvalue weighted by Gasteiger charge is 2.13. The maximum Gasteiger partial charge on any atom is 0.231 e. The predicted molar refractivity (Wildman–Crippen MR) is 65.6 cm³/mol. The zero-order valence-electron chi connectivity index (χ0n) is 10.3. The average Bonchev–Trinajstić information content (AvgIpc) is 2.39. The van der Waals surface area contributed by atoms with Gasteiger partial charge in [0.2, 0.25) is 11.6 Å². The van der Waals surface area contributed by atoms with Crippen LogP contribution in [0.2, 0.25) is 0 Å². The van der Waals surface area contributed by atoms with Crippen LogP contribution in [-0.2, 0) is 0 Å². The minimum absolute atomic E-state index is 0.163. The van der Waals surface area contributed by atoms with Gasteiger partial charge in [0.05, 0.1) is 12.8 Å². The van der Waals surface area contributed by atoms with Gasteiger partial charge in [0.1, 0.15) is 5.75 Å². The van der Waals surface area contributed by atoms with E-state index < -0.39 is 0 Å². The van der Waals surface area contributed by atoms with Crippen LogP contribution in [0.25, 0.3) is 0 Å². The van der Waals surface area contributed by atoms with E-state index in [1.807, 2.05) is 13.8 Å². The molecule has 2 rings (SSSR count). The lowest BCUT2D eigenvalue weighted by atomic mass is 10.2. The Morgan fingerprint density at radius 2 is 1.94 bits per heavy atom. The number of pyridine rings is 1. The first-order chi connectivity index (χ1) is 8.70. The van der Waals surface area contributed by atoms with Gasteiger partial charge in [-0.3, -0.25) is 9.78 Å². The lowest BCUT2D eigenvalue weighted by Gasteiger charge is -2.04. The third-order valence-corrected chi connectivity index (χ3v) is 2.27. The summed E-state index contributed by atoms with van der Waals surface area (Å²) in [6.45, 7) is 4.27. The molecule has 2 aromatic rings. The van der Waals surface area contributed by atoms with E-state index in [4.69, 9.17) is 4.74 Å². The minimum atomic E-state index is -0.260. The molecule has 0 aliphatic rings. The van der Waals surface area contributed by atoms with Crippen LogP contribution in [-0.4, -0.2) is 27.3 Å². The van der Waals surface area contributed by atoms with E-state index in [0.717, 1.165) is 5.56 Å². The molecule has 2 aromatic heterocycles. The van der Waals surface area contributed by atoms with E-state index >= 15 is 0 Å². The maximum atomic E-state index is 12.1. The number of nitrogens with zero attached hydrogens (tertiary/aromatic N) is 3. The molecule has 5 nitrogen and oxygen atoms in total. The second-order valence-corrected chi connectivity index (χ2v) is 3.76. The number of ketones is 1. The summed E-state index contributed by atoms with van der Waals surface area (Å²) >= 11 is 0. The Labute approximate surface area is 105 Å². The van der Waals surface area contributed by atoms with Crippen molar-refractivity contribution in [3.05, 3.63) is 47.8 Å². The van der Waals surface area contributed by atoms with Gasteiger partial charge in [-0.2, -0.15) is 0 Å². The summed E-state index contributed by atoms with van der Waals surface area (Å²) in [5, 5.41) is 0. The molecular formula is C13H13N3O2. The summed E-state index contributed by atoms with van der Waals surface area (Å²) in [5.74, 6) is 0.468. The minimum Gasteiger partial charge on any atom is -0.492 e. The van der Waals surface area contributed by atoms with Gasteiger partial charge in [0.15, 0.2) is 0 Å². The van der Waals surface area contributed by atoms with Crippen molar-refractivity contribution in [2.45, 2.75) is 13.8 Å². The zero-order valence-corrected chi connectivity index (χ0v) is 10.3. The van der Waals surface area contributed by atoms with Gasteiger partial charge < -0.3 is 4.74 Å². The molecule has 5 heteroatoms. The SMILES string of the molecule is CCOc1cncc(C(=O)c2ncc(C)cn2)c1. The first kappa shape index (κ1) is 12.2. The quantitative estimate of drug-likeness (QED) is 0.766. The van der Waals surface area contributed by atoms with Crippen LogP contribution in [0.15, 0.2) is 30.9 Å². The fourth-order valence-electron chi connectivity index (χ4n) is 1.43. The van der Waals surface area contributed by atoms with Crippen molar-refractivity contribution in [3.63, 3.8) is 0 Å². The Balaban J connectivity index is 2.28. The highest BCUT2D eigenvalue weighted by atomic mass is 16.5. The summed E-state index contributed by atoms with van der Waals surface area (Å²) in [5.41, 5.74) is 1.33. The van der Waals surface area contributed by atoms with Crippen molar-refractivity contribution in [3.8, 4) is 5.75 Å². The van der Waals surface area contributed by atoms with E-state index in [1.54, 1.807) is 24.7 Å². The predicted octanol–water partition coefficient (Wildman–Crippen LogP) is 1.81. The topological polar surface area (TPSA) is 65.0 Å². The molecule has 0 saturated heterocycles. The van der Waals surface area contributed by atoms with Crippen LogP contribution in [0, 0.1) is 6.92 Å². The van der Waals surface area contributed by atoms with Crippen molar-refractivity contribution in [2.24, 2.45) is 0 Å². The summed E-state index contributed by atoms with van der Waals surface area (Å²) < 4.78 is 5.30. The molecule has 92 valence electrons. The Kier molecular flexibility index (Phi) is 3.62. The summed E-state index contributed by atoms with van der Waals surface area (Å²) in [6, 6.07) is 1.64. The lowest BCUT2D eigenvalue weighted by molar-refractivity contribution is 0.102. The number of carbonyl (C=O) groups excluding carboxylic acids is 1. The molecule has 0 aliphatic heterocycles. The molecule has 0 bridgehead atoms. The fraction of sp³-hybridized carbons (Fsp3) is 0.231. The lowest BCUT2D eigenvalue weighted by Crippen LogP contribution is -2.07. The highest BCUT2D eigenvalue weighted by Crippen LogP contribution is 2.13. The van der Waals surface area contributed by atoms with Crippen LogP contribution >= 0.6 is 0 Å². The third kappa shape index (κ3) is 2.68. The summed E-state index contributed by atoms with van der Waals surface area (Å²) in [7, 11) is 0. The number of aryl methyl sites for hydroxylation is 1. The molecule has 0 spiro atoms. The van der Waals surface area contributed by atoms with Gasteiger partial charge in [0.25, 0.3) is 0 Å². The Bertz CT molecular complexity index is 552. The molecule has 18 heavy (non-hydrogen) atoms. The largest absolute Gasteiger partial charge is 0.492 e. The summed E-state index contributed by atoms with van der Waals surface area (Å²) in [6.07, 6.45) is 6.27. The first-order valence-electron chi connectivity index (χ1n) is 5.62. The smallest absolute Gasteiger partial charge is 0.231 e. The van der Waals surface area contributed by atoms with Crippen molar-refractivity contribution >= 4 is 5.78 Å². The van der Waals surface area contributed by atoms with Crippen molar-refractivity contribution in [1.82, 2.24) is 15.0 Å². The molecule has 0 amide bonds. The standard InChI is InChI=1S/C13H13N3O2/c1-3-18-11-4-10(7-14-8-11)12(17)13-15-5-9(2)6-16-13/h4-8H,3H2,1-2H3. The third-order valence-electron chi connectivity index (χ3n) is 2.27. The molecule has 0 saturated carbocycles. The van der Waals surface area contributed by atoms with Crippen LogP contribution < -0.4 is 4.74 Å². The second-order valence-electron chi connectivity index (χ2n) is 3.76. The number of carbonyl (C=O) groups is 1. The summed E-state index contributed by atoms with van der Waals surface area (Å²) in [4.78, 5) is 24.1. The van der Waals surface area contributed by atoms with Crippen molar-refractivity contribution in [2.75, 3.05) is 6.61 Å². The molecular weight excluding hydrogens is 230 g/mol. The van der Waals surface area contributed by atoms with Gasteiger partial charge in [-0.25, -0.2) is 9.97 Å². The normalized spacial score (nSPS) is 10.1. The van der Waals surface area contributed by atoms with E-state index in [1.165, 1.54) is 6.20 Å². The molecule has 2 heterocycles. The van der Waals surface area contributed by atoms with Gasteiger partial charge >= 0.3 is 0 Å². The molecule has 0 radical (unpaired) electrons. The van der Waals surface area contributed by atoms with Gasteiger partial charge in [0, 0.05) is 24.2 Å². The van der Waals surface area contributed by atoms with Crippen LogP contribution in [0.4, 0.5) is 0 Å². The van der Waals surface area contributed by atoms with Crippen molar-refractivity contribution in [1.29, 1.82) is 0 Å². The van der Waals surface area contributed by atoms with E-state index in [0.29, 0.717) is 17.9 Å². The molecule has 0 aliphatic carbocycles. The van der Waals surface area contributed by atoms with Crippen LogP contribution in [0.3, 0.4) is 0 Å². The van der Waals surface area contributed by atoms with E-state index in [9.17, 15) is 4.79 Å². The number of hydrogen-bond acceptors (Lipinski definition) is 5. The Morgan fingerprint density at radius 3 is 2.61 bits per heavy atom. The van der Waals surface area contributed by atoms with Gasteiger partial charge in [-0.05, 0) is 25.5 Å². The van der Waals surface area contributed by atoms with E-state index in [2.05, 4.69) is 15.0 Å². The number of ether oxygens (including phenoxy) is 1. The Hall–Kier alpha value is -2.30. The second kappa shape index (κ2) is 5.35. The van der Waals surface area contributed by atoms with Gasteiger partial charge in [-0.1, -0.05) is 0 Å². The molecule has 0 N–H and O–H groups in total. The zero-order chi connectivity index (χ0) is 13.0. The Morgan fingerprint density at radius 1 is 1.22 bits per heavy atom. The number of aromatic nitrogens is 3. The first-order valence-corrected chi connectivity index (χ1v) is 5.62. The number of hydrogen-bond donors (Lipinski definition) is 0. The van der Waals surface area contributed by atoms with Gasteiger partial charge in [-0.15, -0.1) is 0 Å². The van der Waals surface area contributed by atoms with E-state index in [-0.39, 0.29) is 11.6 Å². The average molecular weight is 243 g/mol. The molecule has 0 unspecified atom stereocenters. The molecule has 0 atom stereocenters. The monoisotopic (exact) mass is 243 g/mol. The fourth-order valence-corrected chi connectivity index (χ4v) is 1.43. The molecule has 0 aromatic carbocycles. The maximum absolute atomic E-state index is 12.1. The van der Waals surface area contributed by atoms with Crippen molar-refractivity contribution < 1.29 is 9.53 Å². The van der Waals surface area contributed by atoms with Crippen LogP contribution in [0.1, 0.15) is 28.7 Å². The number of rotatable bonds is 4.